The molecule has 0 aliphatic heterocycles. The first kappa shape index (κ1) is 18.6. The number of carboxylic acid groups (broad SMARTS) is 2. The molecular weight excluding hydrogens is 236 g/mol. The summed E-state index contributed by atoms with van der Waals surface area (Å²) in [6.45, 7) is 3.77. The van der Waals surface area contributed by atoms with Gasteiger partial charge in [-0.1, -0.05) is 39.5 Å². The number of rotatable bonds is 8. The molecule has 0 radical (unpaired) electrons. The van der Waals surface area contributed by atoms with Crippen LogP contribution in [-0.2, 0) is 9.59 Å². The van der Waals surface area contributed by atoms with Gasteiger partial charge >= 0.3 is 37.7 Å². The summed E-state index contributed by atoms with van der Waals surface area (Å²) in [5, 5.41) is 21.9. The van der Waals surface area contributed by atoms with E-state index in [1.165, 1.54) is 0 Å². The maximum Gasteiger partial charge on any atom is 2.00 e. The van der Waals surface area contributed by atoms with Crippen molar-refractivity contribution >= 4 is 49.7 Å². The Bertz CT molecular complexity index is 204. The van der Waals surface area contributed by atoms with Gasteiger partial charge in [-0.05, 0) is 12.8 Å². The third kappa shape index (κ3) is 5.02. The molecule has 0 saturated heterocycles. The van der Waals surface area contributed by atoms with Gasteiger partial charge in [-0.3, -0.25) is 0 Å². The van der Waals surface area contributed by atoms with Crippen molar-refractivity contribution in [1.82, 2.24) is 0 Å². The van der Waals surface area contributed by atoms with E-state index >= 15 is 0 Å². The second-order valence-electron chi connectivity index (χ2n) is 3.86. The topological polar surface area (TPSA) is 80.3 Å². The molecule has 0 aromatic heterocycles. The van der Waals surface area contributed by atoms with E-state index in [2.05, 4.69) is 0 Å². The van der Waals surface area contributed by atoms with Crippen LogP contribution in [0.3, 0.4) is 0 Å². The van der Waals surface area contributed by atoms with Crippen LogP contribution in [0.4, 0.5) is 0 Å². The summed E-state index contributed by atoms with van der Waals surface area (Å²) in [5.41, 5.74) is -1.79. The van der Waals surface area contributed by atoms with Crippen LogP contribution in [0.15, 0.2) is 0 Å². The average Bonchev–Trinajstić information content (AvgIpc) is 2.17. The first-order valence-corrected chi connectivity index (χ1v) is 5.44. The molecule has 0 spiro atoms. The molecule has 0 rings (SSSR count). The zero-order valence-electron chi connectivity index (χ0n) is 10.1. The van der Waals surface area contributed by atoms with Crippen LogP contribution in [0, 0.1) is 5.41 Å². The maximum absolute atomic E-state index is 10.9. The largest absolute Gasteiger partial charge is 2.00 e. The molecule has 0 N–H and O–H groups in total. The summed E-state index contributed by atoms with van der Waals surface area (Å²) in [6, 6.07) is 0. The van der Waals surface area contributed by atoms with Crippen molar-refractivity contribution in [3.63, 3.8) is 0 Å². The van der Waals surface area contributed by atoms with Gasteiger partial charge in [0, 0.05) is 5.41 Å². The van der Waals surface area contributed by atoms with Crippen molar-refractivity contribution < 1.29 is 19.8 Å². The van der Waals surface area contributed by atoms with E-state index in [1.807, 2.05) is 13.8 Å². The zero-order valence-corrected chi connectivity index (χ0v) is 12.3. The molecule has 0 bridgehead atoms. The van der Waals surface area contributed by atoms with Crippen molar-refractivity contribution in [3.8, 4) is 0 Å². The zero-order chi connectivity index (χ0) is 11.9. The minimum absolute atomic E-state index is 0. The van der Waals surface area contributed by atoms with Gasteiger partial charge in [-0.2, -0.15) is 0 Å². The van der Waals surface area contributed by atoms with Crippen molar-refractivity contribution in [3.05, 3.63) is 0 Å². The third-order valence-corrected chi connectivity index (χ3v) is 2.70. The van der Waals surface area contributed by atoms with Gasteiger partial charge in [0.2, 0.25) is 0 Å². The van der Waals surface area contributed by atoms with Gasteiger partial charge < -0.3 is 19.8 Å². The molecule has 0 aromatic rings. The van der Waals surface area contributed by atoms with E-state index in [0.29, 0.717) is 12.8 Å². The second-order valence-corrected chi connectivity index (χ2v) is 3.86. The molecule has 0 heterocycles. The molecule has 0 aliphatic carbocycles. The Balaban J connectivity index is 0. The minimum atomic E-state index is -1.79. The molecule has 0 aliphatic rings. The smallest absolute Gasteiger partial charge is 0.549 e. The van der Waals surface area contributed by atoms with E-state index in [9.17, 15) is 19.8 Å². The Morgan fingerprint density at radius 3 is 1.44 bits per heavy atom. The maximum atomic E-state index is 10.9. The Morgan fingerprint density at radius 1 is 0.938 bits per heavy atom. The number of carboxylic acids is 2. The van der Waals surface area contributed by atoms with Gasteiger partial charge in [-0.15, -0.1) is 0 Å². The number of carbonyl (C=O) groups is 2. The number of unbranched alkanes of at least 4 members (excludes halogenated alkanes) is 2. The van der Waals surface area contributed by atoms with E-state index in [4.69, 9.17) is 0 Å². The minimum Gasteiger partial charge on any atom is -0.549 e. The van der Waals surface area contributed by atoms with E-state index < -0.39 is 17.4 Å². The summed E-state index contributed by atoms with van der Waals surface area (Å²) in [7, 11) is 0. The van der Waals surface area contributed by atoms with Gasteiger partial charge in [0.15, 0.2) is 0 Å². The molecular formula is C11H18CaO4. The first-order chi connectivity index (χ1) is 7.01. The predicted molar refractivity (Wildman–Crippen MR) is 57.3 cm³/mol. The van der Waals surface area contributed by atoms with E-state index in [1.54, 1.807) is 0 Å². The Morgan fingerprint density at radius 2 is 1.25 bits per heavy atom. The quantitative estimate of drug-likeness (QED) is 0.431. The van der Waals surface area contributed by atoms with Crippen LogP contribution >= 0.6 is 0 Å². The number of hydrogen-bond donors (Lipinski definition) is 0. The molecule has 5 heteroatoms. The van der Waals surface area contributed by atoms with Crippen LogP contribution in [0.2, 0.25) is 0 Å². The average molecular weight is 254 g/mol. The van der Waals surface area contributed by atoms with Gasteiger partial charge in [0.25, 0.3) is 0 Å². The SMILES string of the molecule is CCCCC(CCCC)(C(=O)[O-])C(=O)[O-].[Ca+2]. The fourth-order valence-corrected chi connectivity index (χ4v) is 1.57. The molecule has 0 saturated carbocycles. The van der Waals surface area contributed by atoms with Gasteiger partial charge in [0.1, 0.15) is 0 Å². The number of aliphatic carboxylic acids is 2. The van der Waals surface area contributed by atoms with E-state index in [-0.39, 0.29) is 50.6 Å². The number of carbonyl (C=O) groups excluding carboxylic acids is 2. The third-order valence-electron chi connectivity index (χ3n) is 2.70. The Hall–Kier alpha value is 0.200. The van der Waals surface area contributed by atoms with E-state index in [0.717, 1.165) is 12.8 Å². The summed E-state index contributed by atoms with van der Waals surface area (Å²) in [6.07, 6.45) is 2.85. The standard InChI is InChI=1S/C11H20O4.Ca/c1-3-5-7-11(9(12)13,10(14)15)8-6-4-2;/h3-8H2,1-2H3,(H,12,13)(H,14,15);/q;+2/p-2. The molecule has 0 amide bonds. The predicted octanol–water partition coefficient (Wildman–Crippen LogP) is -0.528. The van der Waals surface area contributed by atoms with Crippen molar-refractivity contribution in [2.24, 2.45) is 5.41 Å². The molecule has 4 nitrogen and oxygen atoms in total. The van der Waals surface area contributed by atoms with Crippen LogP contribution in [0.1, 0.15) is 52.4 Å². The Labute approximate surface area is 126 Å². The fourth-order valence-electron chi connectivity index (χ4n) is 1.57. The molecule has 0 atom stereocenters. The second kappa shape index (κ2) is 9.25. The van der Waals surface area contributed by atoms with Crippen molar-refractivity contribution in [1.29, 1.82) is 0 Å². The van der Waals surface area contributed by atoms with Crippen molar-refractivity contribution in [2.45, 2.75) is 52.4 Å². The molecule has 0 unspecified atom stereocenters. The normalized spacial score (nSPS) is 10.6. The van der Waals surface area contributed by atoms with Crippen LogP contribution in [-0.4, -0.2) is 49.7 Å². The molecule has 0 aromatic carbocycles. The fraction of sp³-hybridized carbons (Fsp3) is 0.818. The van der Waals surface area contributed by atoms with Crippen LogP contribution in [0.25, 0.3) is 0 Å². The summed E-state index contributed by atoms with van der Waals surface area (Å²) < 4.78 is 0. The van der Waals surface area contributed by atoms with Crippen LogP contribution in [0.5, 0.6) is 0 Å². The summed E-state index contributed by atoms with van der Waals surface area (Å²) in [5.74, 6) is -3.02. The molecule has 0 fully saturated rings. The molecule has 88 valence electrons. The first-order valence-electron chi connectivity index (χ1n) is 5.44. The number of hydrogen-bond acceptors (Lipinski definition) is 4. The van der Waals surface area contributed by atoms with Gasteiger partial charge in [-0.25, -0.2) is 0 Å². The Kier molecular flexibility index (Phi) is 10.7. The van der Waals surface area contributed by atoms with Gasteiger partial charge in [0.05, 0.1) is 11.9 Å². The van der Waals surface area contributed by atoms with Crippen LogP contribution < -0.4 is 10.2 Å². The van der Waals surface area contributed by atoms with Crippen molar-refractivity contribution in [2.75, 3.05) is 0 Å². The molecule has 16 heavy (non-hydrogen) atoms. The summed E-state index contributed by atoms with van der Waals surface area (Å²) in [4.78, 5) is 21.9. The summed E-state index contributed by atoms with van der Waals surface area (Å²) >= 11 is 0. The monoisotopic (exact) mass is 254 g/mol.